The lowest BCUT2D eigenvalue weighted by atomic mass is 10.4. The molecule has 60 valence electrons. The van der Waals surface area contributed by atoms with Crippen LogP contribution in [-0.2, 0) is 4.57 Å². The molecule has 3 nitrogen and oxygen atoms in total. The van der Waals surface area contributed by atoms with Crippen molar-refractivity contribution in [3.8, 4) is 0 Å². The topological polar surface area (TPSA) is 60.4 Å². The fourth-order valence-electron chi connectivity index (χ4n) is 0.652. The van der Waals surface area contributed by atoms with E-state index in [4.69, 9.17) is 4.89 Å². The van der Waals surface area contributed by atoms with Gasteiger partial charge in [-0.15, -0.1) is 0 Å². The Labute approximate surface area is 62.6 Å². The van der Waals surface area contributed by atoms with Crippen molar-refractivity contribution in [1.29, 1.82) is 0 Å². The lowest BCUT2D eigenvalue weighted by Crippen LogP contribution is -2.14. The summed E-state index contributed by atoms with van der Waals surface area (Å²) in [6.07, 6.45) is 0. The first-order valence-electron chi connectivity index (χ1n) is 2.80. The van der Waals surface area contributed by atoms with Crippen LogP contribution in [0.3, 0.4) is 0 Å². The minimum Gasteiger partial charge on any atom is -0.775 e. The largest absolute Gasteiger partial charge is 0.775 e. The number of rotatable bonds is 1. The molecule has 0 amide bonds. The van der Waals surface area contributed by atoms with Gasteiger partial charge < -0.3 is 14.4 Å². The van der Waals surface area contributed by atoms with Crippen LogP contribution in [0.2, 0.25) is 0 Å². The van der Waals surface area contributed by atoms with Gasteiger partial charge in [0.05, 0.1) is 0 Å². The first kappa shape index (κ1) is 8.40. The standard InChI is InChI=1S/C6H6FO3P/c7-5-2-1-3-6(4-5)11(8,9)10/h1-4H,(H2,8,9,10)/p-1. The maximum atomic E-state index is 12.3. The molecule has 0 aliphatic carbocycles. The Morgan fingerprint density at radius 3 is 2.55 bits per heavy atom. The van der Waals surface area contributed by atoms with Crippen LogP contribution in [0, 0.1) is 5.82 Å². The molecule has 1 rings (SSSR count). The van der Waals surface area contributed by atoms with Crippen LogP contribution in [0.25, 0.3) is 0 Å². The third-order valence-electron chi connectivity index (χ3n) is 1.13. The van der Waals surface area contributed by atoms with Crippen LogP contribution in [0.1, 0.15) is 0 Å². The average Bonchev–Trinajstić information content (AvgIpc) is 1.86. The van der Waals surface area contributed by atoms with Gasteiger partial charge in [-0.2, -0.15) is 0 Å². The molecule has 5 heteroatoms. The van der Waals surface area contributed by atoms with E-state index in [1.807, 2.05) is 0 Å². The highest BCUT2D eigenvalue weighted by Crippen LogP contribution is 2.27. The van der Waals surface area contributed by atoms with E-state index >= 15 is 0 Å². The second-order valence-electron chi connectivity index (χ2n) is 2.00. The molecule has 0 aliphatic rings. The zero-order chi connectivity index (χ0) is 8.48. The second-order valence-corrected chi connectivity index (χ2v) is 3.56. The van der Waals surface area contributed by atoms with Crippen molar-refractivity contribution in [2.45, 2.75) is 0 Å². The highest BCUT2D eigenvalue weighted by atomic mass is 31.2. The van der Waals surface area contributed by atoms with Gasteiger partial charge >= 0.3 is 0 Å². The molecule has 11 heavy (non-hydrogen) atoms. The fraction of sp³-hybridized carbons (Fsp3) is 0. The van der Waals surface area contributed by atoms with Crippen LogP contribution >= 0.6 is 7.60 Å². The lowest BCUT2D eigenvalue weighted by Gasteiger charge is -2.14. The van der Waals surface area contributed by atoms with E-state index in [1.165, 1.54) is 6.07 Å². The van der Waals surface area contributed by atoms with E-state index in [0.29, 0.717) is 0 Å². The molecule has 0 heterocycles. The summed E-state index contributed by atoms with van der Waals surface area (Å²) in [5.74, 6) is -0.687. The van der Waals surface area contributed by atoms with Crippen molar-refractivity contribution < 1.29 is 18.7 Å². The molecule has 1 unspecified atom stereocenters. The Morgan fingerprint density at radius 2 is 2.18 bits per heavy atom. The fourth-order valence-corrected chi connectivity index (χ4v) is 1.21. The summed E-state index contributed by atoms with van der Waals surface area (Å²) in [6, 6.07) is 4.19. The van der Waals surface area contributed by atoms with Gasteiger partial charge in [-0.1, -0.05) is 12.1 Å². The monoisotopic (exact) mass is 175 g/mol. The molecule has 1 aromatic carbocycles. The summed E-state index contributed by atoms with van der Waals surface area (Å²) < 4.78 is 22.7. The lowest BCUT2D eigenvalue weighted by molar-refractivity contribution is -0.188. The molecule has 1 atom stereocenters. The summed E-state index contributed by atoms with van der Waals surface area (Å²) in [6.45, 7) is 0. The van der Waals surface area contributed by atoms with Crippen molar-refractivity contribution >= 4 is 12.9 Å². The predicted molar refractivity (Wildman–Crippen MR) is 35.9 cm³/mol. The summed E-state index contributed by atoms with van der Waals surface area (Å²) in [4.78, 5) is 18.8. The van der Waals surface area contributed by atoms with Crippen LogP contribution in [0.5, 0.6) is 0 Å². The summed E-state index contributed by atoms with van der Waals surface area (Å²) in [5.41, 5.74) is 0. The second kappa shape index (κ2) is 2.74. The van der Waals surface area contributed by atoms with Gasteiger partial charge in [0.2, 0.25) is 0 Å². The van der Waals surface area contributed by atoms with Gasteiger partial charge in [-0.3, -0.25) is 0 Å². The van der Waals surface area contributed by atoms with E-state index < -0.39 is 18.7 Å². The molecule has 0 fully saturated rings. The maximum Gasteiger partial charge on any atom is 0.162 e. The van der Waals surface area contributed by atoms with Gasteiger partial charge in [0.15, 0.2) is 7.60 Å². The van der Waals surface area contributed by atoms with E-state index in [0.717, 1.165) is 18.2 Å². The molecule has 0 bridgehead atoms. The third-order valence-corrected chi connectivity index (χ3v) is 2.07. The highest BCUT2D eigenvalue weighted by Gasteiger charge is 2.05. The zero-order valence-corrected chi connectivity index (χ0v) is 6.29. The molecule has 0 radical (unpaired) electrons. The molecule has 0 saturated heterocycles. The molecule has 1 aromatic rings. The molecule has 0 aliphatic heterocycles. The highest BCUT2D eigenvalue weighted by molar-refractivity contribution is 7.58. The van der Waals surface area contributed by atoms with Crippen molar-refractivity contribution in [1.82, 2.24) is 0 Å². The minimum absolute atomic E-state index is 0.405. The van der Waals surface area contributed by atoms with E-state index in [1.54, 1.807) is 0 Å². The number of halogens is 1. The van der Waals surface area contributed by atoms with Gasteiger partial charge in [0.1, 0.15) is 5.82 Å². The predicted octanol–water partition coefficient (Wildman–Crippen LogP) is -0.00330. The quantitative estimate of drug-likeness (QED) is 0.611. The van der Waals surface area contributed by atoms with Crippen LogP contribution in [0.4, 0.5) is 4.39 Å². The summed E-state index contributed by atoms with van der Waals surface area (Å²) in [7, 11) is -4.54. The van der Waals surface area contributed by atoms with Gasteiger partial charge in [0, 0.05) is 5.30 Å². The zero-order valence-electron chi connectivity index (χ0n) is 5.40. The van der Waals surface area contributed by atoms with Crippen molar-refractivity contribution in [3.63, 3.8) is 0 Å². The average molecular weight is 175 g/mol. The molecule has 0 aromatic heterocycles. The van der Waals surface area contributed by atoms with E-state index in [2.05, 4.69) is 0 Å². The number of benzene rings is 1. The van der Waals surface area contributed by atoms with Crippen LogP contribution in [0.15, 0.2) is 24.3 Å². The Balaban J connectivity index is 3.17. The summed E-state index contributed by atoms with van der Waals surface area (Å²) in [5, 5.41) is -0.405. The van der Waals surface area contributed by atoms with Gasteiger partial charge in [-0.25, -0.2) is 4.39 Å². The molecular formula is C6H5FO3P-. The first-order valence-corrected chi connectivity index (χ1v) is 4.38. The normalized spacial score (nSPS) is 15.9. The molecule has 0 saturated carbocycles. The van der Waals surface area contributed by atoms with Gasteiger partial charge in [0.25, 0.3) is 0 Å². The van der Waals surface area contributed by atoms with Crippen molar-refractivity contribution in [3.05, 3.63) is 30.1 Å². The maximum absolute atomic E-state index is 12.3. The Morgan fingerprint density at radius 1 is 1.55 bits per heavy atom. The van der Waals surface area contributed by atoms with Crippen LogP contribution in [-0.4, -0.2) is 4.89 Å². The van der Waals surface area contributed by atoms with Crippen molar-refractivity contribution in [2.24, 2.45) is 0 Å². The van der Waals surface area contributed by atoms with E-state index in [-0.39, 0.29) is 0 Å². The minimum atomic E-state index is -4.54. The summed E-state index contributed by atoms with van der Waals surface area (Å²) >= 11 is 0. The Kier molecular flexibility index (Phi) is 2.09. The van der Waals surface area contributed by atoms with Crippen molar-refractivity contribution in [2.75, 3.05) is 0 Å². The van der Waals surface area contributed by atoms with E-state index in [9.17, 15) is 13.8 Å². The molecule has 1 N–H and O–H groups in total. The Bertz CT molecular complexity index is 306. The first-order chi connectivity index (χ1) is 5.00. The van der Waals surface area contributed by atoms with Gasteiger partial charge in [-0.05, 0) is 12.1 Å². The molecule has 0 spiro atoms. The Hall–Kier alpha value is -0.700. The number of hydrogen-bond acceptors (Lipinski definition) is 2. The SMILES string of the molecule is O=P([O-])(O)c1cccc(F)c1. The van der Waals surface area contributed by atoms with Crippen LogP contribution < -0.4 is 10.2 Å². The number of hydrogen-bond donors (Lipinski definition) is 1. The molecular weight excluding hydrogens is 170 g/mol. The third kappa shape index (κ3) is 2.12. The smallest absolute Gasteiger partial charge is 0.162 e.